The molecule has 0 aliphatic carbocycles. The average Bonchev–Trinajstić information content (AvgIpc) is 3.34. The van der Waals surface area contributed by atoms with Crippen LogP contribution in [-0.4, -0.2) is 11.5 Å². The van der Waals surface area contributed by atoms with Gasteiger partial charge in [0.1, 0.15) is 11.5 Å². The summed E-state index contributed by atoms with van der Waals surface area (Å²) in [5, 5.41) is 4.91. The molecule has 0 unspecified atom stereocenters. The summed E-state index contributed by atoms with van der Waals surface area (Å²) in [6.45, 7) is 0.857. The van der Waals surface area contributed by atoms with Crippen LogP contribution in [0.5, 0.6) is 0 Å². The second kappa shape index (κ2) is 4.64. The Balaban J connectivity index is 1.88. The molecule has 2 N–H and O–H groups in total. The molecule has 5 rings (SSSR count). The van der Waals surface area contributed by atoms with Gasteiger partial charge in [-0.3, -0.25) is 5.32 Å². The van der Waals surface area contributed by atoms with Crippen LogP contribution in [-0.2, 0) is 12.0 Å². The van der Waals surface area contributed by atoms with Crippen molar-refractivity contribution in [1.29, 1.82) is 0 Å². The highest BCUT2D eigenvalue weighted by molar-refractivity contribution is 5.86. The summed E-state index contributed by atoms with van der Waals surface area (Å²) in [4.78, 5) is 3.60. The van der Waals surface area contributed by atoms with Gasteiger partial charge in [-0.05, 0) is 42.3 Å². The minimum absolute atomic E-state index is 0.612. The minimum atomic E-state index is -0.612. The largest absolute Gasteiger partial charge is 0.466 e. The number of aromatic amines is 1. The number of benzene rings is 1. The Labute approximate surface area is 133 Å². The van der Waals surface area contributed by atoms with Gasteiger partial charge in [0.25, 0.3) is 0 Å². The molecule has 0 spiro atoms. The zero-order valence-corrected chi connectivity index (χ0v) is 12.5. The topological polar surface area (TPSA) is 54.1 Å². The van der Waals surface area contributed by atoms with E-state index in [1.54, 1.807) is 12.5 Å². The van der Waals surface area contributed by atoms with Crippen molar-refractivity contribution in [2.45, 2.75) is 12.0 Å². The van der Waals surface area contributed by atoms with Crippen LogP contribution >= 0.6 is 0 Å². The third kappa shape index (κ3) is 1.64. The van der Waals surface area contributed by atoms with E-state index in [0.717, 1.165) is 35.7 Å². The summed E-state index contributed by atoms with van der Waals surface area (Å²) in [6.07, 6.45) is 4.39. The van der Waals surface area contributed by atoms with Gasteiger partial charge in [0.15, 0.2) is 5.54 Å². The van der Waals surface area contributed by atoms with E-state index in [2.05, 4.69) is 34.6 Å². The number of hydrogen-bond acceptors (Lipinski definition) is 3. The Morgan fingerprint density at radius 2 is 1.61 bits per heavy atom. The number of nitrogens with one attached hydrogen (secondary N) is 2. The monoisotopic (exact) mass is 304 g/mol. The number of hydrogen-bond donors (Lipinski definition) is 2. The smallest absolute Gasteiger partial charge is 0.176 e. The molecule has 0 amide bonds. The first-order valence-corrected chi connectivity index (χ1v) is 7.82. The van der Waals surface area contributed by atoms with Crippen molar-refractivity contribution in [2.75, 3.05) is 6.54 Å². The summed E-state index contributed by atoms with van der Waals surface area (Å²) in [5.74, 6) is 1.67. The van der Waals surface area contributed by atoms with Gasteiger partial charge in [0.2, 0.25) is 0 Å². The van der Waals surface area contributed by atoms with Gasteiger partial charge < -0.3 is 13.8 Å². The Morgan fingerprint density at radius 3 is 2.30 bits per heavy atom. The molecule has 1 aliphatic rings. The van der Waals surface area contributed by atoms with Crippen LogP contribution in [0, 0.1) is 0 Å². The first-order chi connectivity index (χ1) is 11.4. The van der Waals surface area contributed by atoms with Gasteiger partial charge >= 0.3 is 0 Å². The highest BCUT2D eigenvalue weighted by Crippen LogP contribution is 2.42. The van der Waals surface area contributed by atoms with Crippen molar-refractivity contribution >= 4 is 10.9 Å². The SMILES string of the molecule is c1coc(C2(c3ccco3)NCCc3c2[nH]c2ccccc32)c1. The van der Waals surface area contributed by atoms with Crippen LogP contribution in [0.25, 0.3) is 10.9 Å². The third-order valence-electron chi connectivity index (χ3n) is 4.74. The van der Waals surface area contributed by atoms with E-state index in [0.29, 0.717) is 0 Å². The molecule has 0 saturated heterocycles. The maximum Gasteiger partial charge on any atom is 0.176 e. The van der Waals surface area contributed by atoms with Gasteiger partial charge in [-0.25, -0.2) is 0 Å². The maximum absolute atomic E-state index is 5.81. The number of rotatable bonds is 2. The number of fused-ring (bicyclic) bond motifs is 3. The molecule has 0 radical (unpaired) electrons. The normalized spacial score (nSPS) is 16.5. The van der Waals surface area contributed by atoms with E-state index in [-0.39, 0.29) is 0 Å². The van der Waals surface area contributed by atoms with Crippen molar-refractivity contribution in [3.63, 3.8) is 0 Å². The third-order valence-corrected chi connectivity index (χ3v) is 4.74. The molecule has 0 saturated carbocycles. The zero-order chi connectivity index (χ0) is 15.3. The Hall–Kier alpha value is -2.72. The van der Waals surface area contributed by atoms with Crippen LogP contribution in [0.2, 0.25) is 0 Å². The lowest BCUT2D eigenvalue weighted by molar-refractivity contribution is 0.299. The minimum Gasteiger partial charge on any atom is -0.466 e. The number of furan rings is 2. The molecule has 0 fully saturated rings. The lowest BCUT2D eigenvalue weighted by atomic mass is 9.82. The molecule has 3 aromatic heterocycles. The molecule has 23 heavy (non-hydrogen) atoms. The van der Waals surface area contributed by atoms with Crippen LogP contribution in [0.15, 0.2) is 69.9 Å². The average molecular weight is 304 g/mol. The standard InChI is InChI=1S/C19H16N2O2/c1-2-6-15-13(5-1)14-9-10-20-19(18(14)21-15,16-7-3-11-22-16)17-8-4-12-23-17/h1-8,11-12,20-21H,9-10H2. The highest BCUT2D eigenvalue weighted by atomic mass is 16.3. The zero-order valence-electron chi connectivity index (χ0n) is 12.5. The van der Waals surface area contributed by atoms with E-state index in [9.17, 15) is 0 Å². The lowest BCUT2D eigenvalue weighted by Crippen LogP contribution is -2.48. The van der Waals surface area contributed by atoms with Gasteiger partial charge in [-0.15, -0.1) is 0 Å². The van der Waals surface area contributed by atoms with E-state index >= 15 is 0 Å². The molecule has 4 heterocycles. The Kier molecular flexibility index (Phi) is 2.58. The fraction of sp³-hybridized carbons (Fsp3) is 0.158. The summed E-state index contributed by atoms with van der Waals surface area (Å²) in [6, 6.07) is 16.2. The van der Waals surface area contributed by atoms with Crippen LogP contribution < -0.4 is 5.32 Å². The molecule has 1 aromatic carbocycles. The second-order valence-corrected chi connectivity index (χ2v) is 5.91. The molecule has 0 bridgehead atoms. The predicted molar refractivity (Wildman–Crippen MR) is 87.3 cm³/mol. The molecule has 0 atom stereocenters. The van der Waals surface area contributed by atoms with Crippen LogP contribution in [0.3, 0.4) is 0 Å². The van der Waals surface area contributed by atoms with Crippen molar-refractivity contribution in [3.05, 3.63) is 83.8 Å². The Morgan fingerprint density at radius 1 is 0.870 bits per heavy atom. The van der Waals surface area contributed by atoms with Gasteiger partial charge in [0, 0.05) is 17.4 Å². The predicted octanol–water partition coefficient (Wildman–Crippen LogP) is 3.79. The van der Waals surface area contributed by atoms with E-state index in [1.807, 2.05) is 24.3 Å². The molecular weight excluding hydrogens is 288 g/mol. The fourth-order valence-corrected chi connectivity index (χ4v) is 3.77. The quantitative estimate of drug-likeness (QED) is 0.592. The fourth-order valence-electron chi connectivity index (χ4n) is 3.77. The van der Waals surface area contributed by atoms with Gasteiger partial charge in [-0.1, -0.05) is 18.2 Å². The molecular formula is C19H16N2O2. The number of para-hydroxylation sites is 1. The first kappa shape index (κ1) is 12.8. The van der Waals surface area contributed by atoms with Crippen molar-refractivity contribution < 1.29 is 8.83 Å². The summed E-state index contributed by atoms with van der Waals surface area (Å²) < 4.78 is 11.6. The highest BCUT2D eigenvalue weighted by Gasteiger charge is 2.46. The van der Waals surface area contributed by atoms with Gasteiger partial charge in [0.05, 0.1) is 18.2 Å². The number of H-pyrrole nitrogens is 1. The second-order valence-electron chi connectivity index (χ2n) is 5.91. The van der Waals surface area contributed by atoms with Crippen LogP contribution in [0.4, 0.5) is 0 Å². The molecule has 114 valence electrons. The molecule has 4 heteroatoms. The van der Waals surface area contributed by atoms with Gasteiger partial charge in [-0.2, -0.15) is 0 Å². The summed E-state index contributed by atoms with van der Waals surface area (Å²) in [7, 11) is 0. The van der Waals surface area contributed by atoms with Crippen LogP contribution in [0.1, 0.15) is 22.8 Å². The lowest BCUT2D eigenvalue weighted by Gasteiger charge is -2.35. The van der Waals surface area contributed by atoms with Crippen molar-refractivity contribution in [1.82, 2.24) is 10.3 Å². The van der Waals surface area contributed by atoms with Crippen molar-refractivity contribution in [3.8, 4) is 0 Å². The first-order valence-electron chi connectivity index (χ1n) is 7.82. The maximum atomic E-state index is 5.81. The van der Waals surface area contributed by atoms with E-state index in [4.69, 9.17) is 8.83 Å². The van der Waals surface area contributed by atoms with Crippen molar-refractivity contribution in [2.24, 2.45) is 0 Å². The molecule has 4 aromatic rings. The number of aromatic nitrogens is 1. The molecule has 1 aliphatic heterocycles. The Bertz CT molecular complexity index is 915. The van der Waals surface area contributed by atoms with E-state index < -0.39 is 5.54 Å². The summed E-state index contributed by atoms with van der Waals surface area (Å²) >= 11 is 0. The summed E-state index contributed by atoms with van der Waals surface area (Å²) in [5.41, 5.74) is 2.96. The van der Waals surface area contributed by atoms with E-state index in [1.165, 1.54) is 10.9 Å². The molecule has 4 nitrogen and oxygen atoms in total.